The Morgan fingerprint density at radius 2 is 1.60 bits per heavy atom. The molecule has 4 rings (SSSR count). The van der Waals surface area contributed by atoms with Gasteiger partial charge in [0.05, 0.1) is 17.4 Å². The highest BCUT2D eigenvalue weighted by molar-refractivity contribution is 5.86. The molecule has 11 heteroatoms. The molecule has 30 heavy (non-hydrogen) atoms. The lowest BCUT2D eigenvalue weighted by atomic mass is 9.85. The van der Waals surface area contributed by atoms with Crippen LogP contribution >= 0.6 is 0 Å². The fourth-order valence-electron chi connectivity index (χ4n) is 3.31. The van der Waals surface area contributed by atoms with Gasteiger partial charge in [-0.05, 0) is 35.2 Å². The normalized spacial score (nSPS) is 13.5. The first-order valence-corrected chi connectivity index (χ1v) is 8.79. The van der Waals surface area contributed by atoms with E-state index < -0.39 is 34.9 Å². The maximum atomic E-state index is 13.7. The first-order valence-electron chi connectivity index (χ1n) is 8.79. The van der Waals surface area contributed by atoms with Crippen molar-refractivity contribution >= 4 is 22.1 Å². The van der Waals surface area contributed by atoms with Crippen molar-refractivity contribution in [3.8, 4) is 5.69 Å². The molecule has 3 aromatic heterocycles. The fourth-order valence-corrected chi connectivity index (χ4v) is 3.31. The Balaban J connectivity index is 2.11. The smallest absolute Gasteiger partial charge is 0.278 e. The molecule has 158 valence electrons. The Hall–Kier alpha value is -3.11. The number of hydrogen-bond acceptors (Lipinski definition) is 3. The molecule has 0 radical (unpaired) electrons. The summed E-state index contributed by atoms with van der Waals surface area (Å²) < 4.78 is 81.3. The molecule has 0 aliphatic heterocycles. The molecule has 0 aliphatic rings. The topological polar surface area (TPSA) is 59.4 Å². The van der Waals surface area contributed by atoms with E-state index in [-0.39, 0.29) is 11.2 Å². The minimum Gasteiger partial charge on any atom is -0.278 e. The van der Waals surface area contributed by atoms with Gasteiger partial charge in [-0.3, -0.25) is 9.67 Å². The molecule has 0 saturated carbocycles. The van der Waals surface area contributed by atoms with Crippen molar-refractivity contribution < 1.29 is 26.3 Å². The van der Waals surface area contributed by atoms with Gasteiger partial charge in [-0.15, -0.1) is 0 Å². The van der Waals surface area contributed by atoms with Gasteiger partial charge >= 0.3 is 12.4 Å². The number of pyridine rings is 1. The van der Waals surface area contributed by atoms with Crippen molar-refractivity contribution in [2.75, 3.05) is 0 Å². The SMILES string of the molecule is CC(C)(C)c1cc(-n2c(C(F)(F)F)nc3ccc(C(F)(F)F)nc32)cc2cn[nH]c12. The lowest BCUT2D eigenvalue weighted by molar-refractivity contribution is -0.145. The molecule has 0 saturated heterocycles. The van der Waals surface area contributed by atoms with Crippen LogP contribution in [0.25, 0.3) is 27.8 Å². The van der Waals surface area contributed by atoms with Gasteiger partial charge in [-0.25, -0.2) is 9.97 Å². The second kappa shape index (κ2) is 6.19. The number of alkyl halides is 6. The Kier molecular flexibility index (Phi) is 4.16. The van der Waals surface area contributed by atoms with Crippen LogP contribution in [0.2, 0.25) is 0 Å². The summed E-state index contributed by atoms with van der Waals surface area (Å²) in [6.45, 7) is 5.59. The van der Waals surface area contributed by atoms with Crippen molar-refractivity contribution in [2.45, 2.75) is 38.5 Å². The summed E-state index contributed by atoms with van der Waals surface area (Å²) in [4.78, 5) is 7.00. The van der Waals surface area contributed by atoms with E-state index in [0.717, 1.165) is 6.07 Å². The van der Waals surface area contributed by atoms with Crippen LogP contribution in [0.15, 0.2) is 30.5 Å². The van der Waals surface area contributed by atoms with Gasteiger partial charge in [-0.2, -0.15) is 31.4 Å². The van der Waals surface area contributed by atoms with E-state index in [9.17, 15) is 26.3 Å². The van der Waals surface area contributed by atoms with Crippen LogP contribution in [0.1, 0.15) is 37.9 Å². The summed E-state index contributed by atoms with van der Waals surface area (Å²) in [5.74, 6) is -1.35. The molecule has 4 aromatic rings. The van der Waals surface area contributed by atoms with Crippen LogP contribution in [0, 0.1) is 0 Å². The molecule has 0 unspecified atom stereocenters. The van der Waals surface area contributed by atoms with Crippen LogP contribution in [0.3, 0.4) is 0 Å². The first-order chi connectivity index (χ1) is 13.8. The Morgan fingerprint density at radius 1 is 0.900 bits per heavy atom. The highest BCUT2D eigenvalue weighted by Crippen LogP contribution is 2.37. The number of halogens is 6. The van der Waals surface area contributed by atoms with Crippen molar-refractivity contribution in [1.82, 2.24) is 24.7 Å². The van der Waals surface area contributed by atoms with Crippen LogP contribution in [-0.2, 0) is 17.8 Å². The number of aromatic amines is 1. The lowest BCUT2D eigenvalue weighted by Crippen LogP contribution is -2.17. The molecule has 0 aliphatic carbocycles. The zero-order valence-corrected chi connectivity index (χ0v) is 15.9. The first kappa shape index (κ1) is 20.2. The van der Waals surface area contributed by atoms with Crippen LogP contribution < -0.4 is 0 Å². The number of hydrogen-bond donors (Lipinski definition) is 1. The Bertz CT molecular complexity index is 1260. The third kappa shape index (κ3) is 3.27. The number of benzene rings is 1. The van der Waals surface area contributed by atoms with Crippen molar-refractivity contribution in [3.63, 3.8) is 0 Å². The number of fused-ring (bicyclic) bond motifs is 2. The minimum atomic E-state index is -4.91. The van der Waals surface area contributed by atoms with E-state index in [1.165, 1.54) is 18.3 Å². The molecule has 0 amide bonds. The third-order valence-corrected chi connectivity index (χ3v) is 4.65. The van der Waals surface area contributed by atoms with Gasteiger partial charge in [0.1, 0.15) is 11.2 Å². The summed E-state index contributed by atoms with van der Waals surface area (Å²) in [5.41, 5.74) is -1.33. The summed E-state index contributed by atoms with van der Waals surface area (Å²) in [6, 6.07) is 4.39. The van der Waals surface area contributed by atoms with Gasteiger partial charge in [0.15, 0.2) is 5.65 Å². The standard InChI is InChI=1S/C19H15F6N5/c1-17(2,3)11-7-10(6-9-8-26-29-14(9)11)30-15-12(27-16(30)19(23,24)25)4-5-13(28-15)18(20,21)22/h4-8H,1-3H3,(H,26,29). The summed E-state index contributed by atoms with van der Waals surface area (Å²) >= 11 is 0. The van der Waals surface area contributed by atoms with Crippen LogP contribution in [0.5, 0.6) is 0 Å². The van der Waals surface area contributed by atoms with E-state index in [1.54, 1.807) is 0 Å². The second-order valence-electron chi connectivity index (χ2n) is 7.88. The fraction of sp³-hybridized carbons (Fsp3) is 0.316. The van der Waals surface area contributed by atoms with E-state index >= 15 is 0 Å². The Labute approximate surface area is 165 Å². The van der Waals surface area contributed by atoms with E-state index in [1.807, 2.05) is 20.8 Å². The summed E-state index contributed by atoms with van der Waals surface area (Å²) in [7, 11) is 0. The zero-order chi connectivity index (χ0) is 22.1. The largest absolute Gasteiger partial charge is 0.450 e. The average molecular weight is 427 g/mol. The van der Waals surface area contributed by atoms with Crippen LogP contribution in [0.4, 0.5) is 26.3 Å². The number of imidazole rings is 1. The second-order valence-corrected chi connectivity index (χ2v) is 7.88. The number of H-pyrrole nitrogens is 1. The van der Waals surface area contributed by atoms with Crippen molar-refractivity contribution in [1.29, 1.82) is 0 Å². The molecular formula is C19H15F6N5. The minimum absolute atomic E-state index is 0.00419. The van der Waals surface area contributed by atoms with E-state index in [0.29, 0.717) is 27.1 Å². The summed E-state index contributed by atoms with van der Waals surface area (Å²) in [5, 5.41) is 7.27. The molecule has 0 bridgehead atoms. The molecular weight excluding hydrogens is 412 g/mol. The molecule has 0 atom stereocenters. The number of nitrogens with zero attached hydrogens (tertiary/aromatic N) is 4. The highest BCUT2D eigenvalue weighted by Gasteiger charge is 2.40. The zero-order valence-electron chi connectivity index (χ0n) is 15.9. The predicted molar refractivity (Wildman–Crippen MR) is 97.2 cm³/mol. The number of rotatable bonds is 1. The molecule has 0 fully saturated rings. The predicted octanol–water partition coefficient (Wildman–Crippen LogP) is 5.63. The van der Waals surface area contributed by atoms with Gasteiger partial charge in [0.2, 0.25) is 5.82 Å². The lowest BCUT2D eigenvalue weighted by Gasteiger charge is -2.22. The number of aromatic nitrogens is 5. The van der Waals surface area contributed by atoms with Gasteiger partial charge in [0, 0.05) is 5.39 Å². The van der Waals surface area contributed by atoms with E-state index in [4.69, 9.17) is 0 Å². The van der Waals surface area contributed by atoms with E-state index in [2.05, 4.69) is 20.2 Å². The van der Waals surface area contributed by atoms with Gasteiger partial charge in [-0.1, -0.05) is 20.8 Å². The summed E-state index contributed by atoms with van der Waals surface area (Å²) in [6.07, 6.45) is -8.28. The van der Waals surface area contributed by atoms with Gasteiger partial charge in [0.25, 0.3) is 0 Å². The number of nitrogens with one attached hydrogen (secondary N) is 1. The molecule has 1 N–H and O–H groups in total. The highest BCUT2D eigenvalue weighted by atomic mass is 19.4. The maximum Gasteiger partial charge on any atom is 0.450 e. The quantitative estimate of drug-likeness (QED) is 0.401. The van der Waals surface area contributed by atoms with Gasteiger partial charge < -0.3 is 0 Å². The molecule has 1 aromatic carbocycles. The molecule has 3 heterocycles. The Morgan fingerprint density at radius 3 is 2.20 bits per heavy atom. The van der Waals surface area contributed by atoms with Crippen LogP contribution in [-0.4, -0.2) is 24.7 Å². The van der Waals surface area contributed by atoms with Crippen molar-refractivity contribution in [3.05, 3.63) is 47.5 Å². The van der Waals surface area contributed by atoms with Crippen molar-refractivity contribution in [2.24, 2.45) is 0 Å². The monoisotopic (exact) mass is 427 g/mol. The average Bonchev–Trinajstić information content (AvgIpc) is 3.22. The molecule has 5 nitrogen and oxygen atoms in total. The molecule has 0 spiro atoms. The maximum absolute atomic E-state index is 13.7. The third-order valence-electron chi connectivity index (χ3n) is 4.65.